The van der Waals surface area contributed by atoms with Crippen LogP contribution in [0, 0.1) is 0 Å². The van der Waals surface area contributed by atoms with Gasteiger partial charge in [-0.25, -0.2) is 4.79 Å². The molecule has 0 saturated heterocycles. The molecule has 2 aromatic carbocycles. The van der Waals surface area contributed by atoms with Crippen LogP contribution in [0.5, 0.6) is 5.75 Å². The summed E-state index contributed by atoms with van der Waals surface area (Å²) in [5, 5.41) is 13.3. The zero-order chi connectivity index (χ0) is 23.5. The van der Waals surface area contributed by atoms with E-state index in [1.165, 1.54) is 0 Å². The third-order valence-electron chi connectivity index (χ3n) is 4.90. The van der Waals surface area contributed by atoms with Crippen LogP contribution in [-0.2, 0) is 20.8 Å². The first-order valence-electron chi connectivity index (χ1n) is 10.8. The molecule has 0 amide bonds. The van der Waals surface area contributed by atoms with Gasteiger partial charge < -0.3 is 19.4 Å². The Morgan fingerprint density at radius 3 is 2.42 bits per heavy atom. The first-order chi connectivity index (χ1) is 16.1. The first kappa shape index (κ1) is 23.9. The Balaban J connectivity index is 1.42. The maximum atomic E-state index is 11.2. The summed E-state index contributed by atoms with van der Waals surface area (Å²) >= 11 is 0. The summed E-state index contributed by atoms with van der Waals surface area (Å²) in [4.78, 5) is 20.9. The summed E-state index contributed by atoms with van der Waals surface area (Å²) in [6.07, 6.45) is 1.24. The number of carboxylic acid groups (broad SMARTS) is 1. The van der Waals surface area contributed by atoms with E-state index in [1.54, 1.807) is 25.3 Å². The van der Waals surface area contributed by atoms with Crippen molar-refractivity contribution in [2.75, 3.05) is 19.8 Å². The molecule has 7 heteroatoms. The predicted octanol–water partition coefficient (Wildman–Crippen LogP) is 4.60. The van der Waals surface area contributed by atoms with Crippen LogP contribution in [0.2, 0.25) is 0 Å². The Hall–Kier alpha value is -3.71. The Morgan fingerprint density at radius 2 is 1.79 bits per heavy atom. The van der Waals surface area contributed by atoms with Gasteiger partial charge in [0.1, 0.15) is 12.4 Å². The van der Waals surface area contributed by atoms with Crippen molar-refractivity contribution in [3.8, 4) is 17.0 Å². The quantitative estimate of drug-likeness (QED) is 0.247. The SMILES string of the molecule is CCOC(Cc1ccc(OCCO/N=C(/C)c2ccc(-c3ccccn3)cc2)cc1)C(=O)O. The molecule has 172 valence electrons. The topological polar surface area (TPSA) is 90.2 Å². The number of hydrogen-bond donors (Lipinski definition) is 1. The van der Waals surface area contributed by atoms with Crippen LogP contribution in [0.4, 0.5) is 0 Å². The number of carboxylic acids is 1. The molecule has 1 unspecified atom stereocenters. The lowest BCUT2D eigenvalue weighted by molar-refractivity contribution is -0.149. The lowest BCUT2D eigenvalue weighted by atomic mass is 10.1. The summed E-state index contributed by atoms with van der Waals surface area (Å²) < 4.78 is 10.9. The van der Waals surface area contributed by atoms with Crippen molar-refractivity contribution in [2.45, 2.75) is 26.4 Å². The summed E-state index contributed by atoms with van der Waals surface area (Å²) in [5.74, 6) is -0.286. The van der Waals surface area contributed by atoms with E-state index < -0.39 is 12.1 Å². The summed E-state index contributed by atoms with van der Waals surface area (Å²) in [5.41, 5.74) is 4.58. The van der Waals surface area contributed by atoms with Crippen molar-refractivity contribution in [3.63, 3.8) is 0 Å². The molecule has 0 aliphatic heterocycles. The van der Waals surface area contributed by atoms with Crippen molar-refractivity contribution >= 4 is 11.7 Å². The standard InChI is InChI=1S/C26H28N2O5/c1-3-31-25(26(29)30)18-20-7-13-23(14-8-20)32-16-17-33-28-19(2)21-9-11-22(12-10-21)24-6-4-5-15-27-24/h4-15,25H,3,16-18H2,1-2H3,(H,29,30)/b28-19-. The maximum absolute atomic E-state index is 11.2. The van der Waals surface area contributed by atoms with Crippen LogP contribution >= 0.6 is 0 Å². The fourth-order valence-electron chi connectivity index (χ4n) is 3.16. The zero-order valence-corrected chi connectivity index (χ0v) is 18.8. The van der Waals surface area contributed by atoms with Gasteiger partial charge in [-0.15, -0.1) is 0 Å². The van der Waals surface area contributed by atoms with Crippen LogP contribution in [0.1, 0.15) is 25.0 Å². The second kappa shape index (κ2) is 12.4. The number of aliphatic carboxylic acids is 1. The number of nitrogens with zero attached hydrogens (tertiary/aromatic N) is 2. The molecule has 0 aliphatic carbocycles. The van der Waals surface area contributed by atoms with Crippen LogP contribution in [-0.4, -0.2) is 47.7 Å². The van der Waals surface area contributed by atoms with Crippen LogP contribution < -0.4 is 4.74 Å². The van der Waals surface area contributed by atoms with Crippen molar-refractivity contribution in [3.05, 3.63) is 84.1 Å². The molecule has 0 bridgehead atoms. The molecule has 0 radical (unpaired) electrons. The highest BCUT2D eigenvalue weighted by atomic mass is 16.6. The van der Waals surface area contributed by atoms with E-state index in [2.05, 4.69) is 10.1 Å². The van der Waals surface area contributed by atoms with E-state index in [1.807, 2.05) is 61.5 Å². The number of rotatable bonds is 12. The van der Waals surface area contributed by atoms with Crippen molar-refractivity contribution < 1.29 is 24.2 Å². The normalized spacial score (nSPS) is 12.2. The third kappa shape index (κ3) is 7.43. The average molecular weight is 449 g/mol. The van der Waals surface area contributed by atoms with Gasteiger partial charge in [-0.05, 0) is 49.2 Å². The molecule has 3 aromatic rings. The van der Waals surface area contributed by atoms with Crippen LogP contribution in [0.25, 0.3) is 11.3 Å². The molecular weight excluding hydrogens is 420 g/mol. The number of oxime groups is 1. The molecule has 3 rings (SSSR count). The van der Waals surface area contributed by atoms with E-state index in [-0.39, 0.29) is 0 Å². The molecule has 0 saturated carbocycles. The Bertz CT molecular complexity index is 1030. The minimum Gasteiger partial charge on any atom is -0.490 e. The molecule has 7 nitrogen and oxygen atoms in total. The van der Waals surface area contributed by atoms with E-state index >= 15 is 0 Å². The molecule has 1 aromatic heterocycles. The molecule has 0 fully saturated rings. The molecule has 0 spiro atoms. The second-order valence-corrected chi connectivity index (χ2v) is 7.28. The van der Waals surface area contributed by atoms with Gasteiger partial charge in [-0.3, -0.25) is 4.98 Å². The minimum absolute atomic E-state index is 0.302. The molecule has 1 atom stereocenters. The number of carbonyl (C=O) groups is 1. The summed E-state index contributed by atoms with van der Waals surface area (Å²) in [6, 6.07) is 21.1. The summed E-state index contributed by atoms with van der Waals surface area (Å²) in [7, 11) is 0. The highest BCUT2D eigenvalue weighted by Crippen LogP contribution is 2.17. The van der Waals surface area contributed by atoms with Gasteiger partial charge in [0.05, 0.1) is 11.4 Å². The lowest BCUT2D eigenvalue weighted by Crippen LogP contribution is -2.26. The smallest absolute Gasteiger partial charge is 0.333 e. The number of aromatic nitrogens is 1. The number of hydrogen-bond acceptors (Lipinski definition) is 6. The van der Waals surface area contributed by atoms with Gasteiger partial charge in [-0.2, -0.15) is 0 Å². The maximum Gasteiger partial charge on any atom is 0.333 e. The Labute approximate surface area is 193 Å². The second-order valence-electron chi connectivity index (χ2n) is 7.28. The number of pyridine rings is 1. The van der Waals surface area contributed by atoms with E-state index in [9.17, 15) is 9.90 Å². The minimum atomic E-state index is -0.964. The summed E-state index contributed by atoms with van der Waals surface area (Å²) in [6.45, 7) is 4.67. The third-order valence-corrected chi connectivity index (χ3v) is 4.90. The Kier molecular flexibility index (Phi) is 8.97. The van der Waals surface area contributed by atoms with Gasteiger partial charge in [-0.1, -0.05) is 47.6 Å². The molecular formula is C26H28N2O5. The van der Waals surface area contributed by atoms with Gasteiger partial charge in [0, 0.05) is 24.8 Å². The molecule has 1 N–H and O–H groups in total. The van der Waals surface area contributed by atoms with Gasteiger partial charge in [0.2, 0.25) is 0 Å². The fourth-order valence-corrected chi connectivity index (χ4v) is 3.16. The van der Waals surface area contributed by atoms with Crippen LogP contribution in [0.3, 0.4) is 0 Å². The van der Waals surface area contributed by atoms with E-state index in [4.69, 9.17) is 14.3 Å². The van der Waals surface area contributed by atoms with Gasteiger partial charge in [0.25, 0.3) is 0 Å². The molecule has 1 heterocycles. The fraction of sp³-hybridized carbons (Fsp3) is 0.269. The molecule has 33 heavy (non-hydrogen) atoms. The monoisotopic (exact) mass is 448 g/mol. The highest BCUT2D eigenvalue weighted by molar-refractivity contribution is 5.98. The largest absolute Gasteiger partial charge is 0.490 e. The van der Waals surface area contributed by atoms with E-state index in [0.29, 0.717) is 32.0 Å². The number of ether oxygens (including phenoxy) is 2. The zero-order valence-electron chi connectivity index (χ0n) is 18.8. The Morgan fingerprint density at radius 1 is 1.03 bits per heavy atom. The lowest BCUT2D eigenvalue weighted by Gasteiger charge is -2.12. The van der Waals surface area contributed by atoms with Crippen molar-refractivity contribution in [2.24, 2.45) is 5.16 Å². The van der Waals surface area contributed by atoms with Gasteiger partial charge in [0.15, 0.2) is 12.7 Å². The van der Waals surface area contributed by atoms with Crippen molar-refractivity contribution in [1.29, 1.82) is 0 Å². The van der Waals surface area contributed by atoms with E-state index in [0.717, 1.165) is 28.1 Å². The molecule has 0 aliphatic rings. The van der Waals surface area contributed by atoms with Crippen molar-refractivity contribution in [1.82, 2.24) is 4.98 Å². The first-order valence-corrected chi connectivity index (χ1v) is 10.8. The predicted molar refractivity (Wildman–Crippen MR) is 127 cm³/mol. The van der Waals surface area contributed by atoms with Gasteiger partial charge >= 0.3 is 5.97 Å². The number of benzene rings is 2. The highest BCUT2D eigenvalue weighted by Gasteiger charge is 2.17. The average Bonchev–Trinajstić information content (AvgIpc) is 2.85. The van der Waals surface area contributed by atoms with Crippen LogP contribution in [0.15, 0.2) is 78.1 Å².